The molecule has 0 aliphatic heterocycles. The highest BCUT2D eigenvalue weighted by Gasteiger charge is 2.12. The zero-order valence-electron chi connectivity index (χ0n) is 11.4. The number of pyridine rings is 1. The lowest BCUT2D eigenvalue weighted by atomic mass is 10.0. The van der Waals surface area contributed by atoms with Gasteiger partial charge in [-0.15, -0.1) is 0 Å². The van der Waals surface area contributed by atoms with E-state index in [-0.39, 0.29) is 6.04 Å². The monoisotopic (exact) mass is 352 g/mol. The fourth-order valence-corrected chi connectivity index (χ4v) is 2.52. The third-order valence-electron chi connectivity index (χ3n) is 3.09. The van der Waals surface area contributed by atoms with E-state index >= 15 is 0 Å². The predicted octanol–water partition coefficient (Wildman–Crippen LogP) is 4.78. The van der Waals surface area contributed by atoms with Crippen LogP contribution in [-0.2, 0) is 6.42 Å². The van der Waals surface area contributed by atoms with Crippen molar-refractivity contribution in [2.24, 2.45) is 0 Å². The van der Waals surface area contributed by atoms with Crippen molar-refractivity contribution < 1.29 is 0 Å². The molecule has 106 valence electrons. The molecule has 0 amide bonds. The number of benzene rings is 1. The lowest BCUT2D eigenvalue weighted by Crippen LogP contribution is -2.24. The quantitative estimate of drug-likeness (QED) is 0.808. The summed E-state index contributed by atoms with van der Waals surface area (Å²) in [5.74, 6) is 0. The summed E-state index contributed by atoms with van der Waals surface area (Å²) in [6.07, 6.45) is 3.79. The molecular formula is C16H18BrClN2. The van der Waals surface area contributed by atoms with Gasteiger partial charge in [-0.25, -0.2) is 0 Å². The Balaban J connectivity index is 2.16. The van der Waals surface area contributed by atoms with Crippen molar-refractivity contribution in [1.82, 2.24) is 10.3 Å². The molecule has 2 nitrogen and oxygen atoms in total. The summed E-state index contributed by atoms with van der Waals surface area (Å²) in [4.78, 5) is 4.45. The minimum atomic E-state index is 0.238. The summed E-state index contributed by atoms with van der Waals surface area (Å²) in [6, 6.07) is 12.3. The SMILES string of the molecule is CCCNC(Cc1ccc(Br)cn1)c1cccc(Cl)c1. The van der Waals surface area contributed by atoms with Gasteiger partial charge < -0.3 is 5.32 Å². The van der Waals surface area contributed by atoms with E-state index in [0.717, 1.165) is 34.6 Å². The number of rotatable bonds is 6. The average Bonchev–Trinajstić information content (AvgIpc) is 2.45. The topological polar surface area (TPSA) is 24.9 Å². The predicted molar refractivity (Wildman–Crippen MR) is 88.1 cm³/mol. The third-order valence-corrected chi connectivity index (χ3v) is 3.80. The summed E-state index contributed by atoms with van der Waals surface area (Å²) in [5.41, 5.74) is 2.28. The Kier molecular flexibility index (Phi) is 6.02. The number of nitrogens with zero attached hydrogens (tertiary/aromatic N) is 1. The maximum absolute atomic E-state index is 6.10. The first kappa shape index (κ1) is 15.5. The van der Waals surface area contributed by atoms with Gasteiger partial charge in [0.15, 0.2) is 0 Å². The Labute approximate surface area is 133 Å². The summed E-state index contributed by atoms with van der Waals surface area (Å²) in [7, 11) is 0. The van der Waals surface area contributed by atoms with E-state index in [2.05, 4.69) is 45.3 Å². The maximum Gasteiger partial charge on any atom is 0.0423 e. The van der Waals surface area contributed by atoms with Gasteiger partial charge in [-0.05, 0) is 58.7 Å². The van der Waals surface area contributed by atoms with E-state index in [1.54, 1.807) is 0 Å². The van der Waals surface area contributed by atoms with E-state index in [4.69, 9.17) is 11.6 Å². The third kappa shape index (κ3) is 4.58. The first-order valence-electron chi connectivity index (χ1n) is 6.78. The number of hydrogen-bond acceptors (Lipinski definition) is 2. The Bertz CT molecular complexity index is 542. The molecule has 1 atom stereocenters. The van der Waals surface area contributed by atoms with Crippen molar-refractivity contribution in [2.75, 3.05) is 6.54 Å². The molecule has 4 heteroatoms. The van der Waals surface area contributed by atoms with Gasteiger partial charge in [0.2, 0.25) is 0 Å². The highest BCUT2D eigenvalue weighted by atomic mass is 79.9. The second-order valence-electron chi connectivity index (χ2n) is 4.73. The van der Waals surface area contributed by atoms with E-state index < -0.39 is 0 Å². The van der Waals surface area contributed by atoms with Crippen LogP contribution in [0.3, 0.4) is 0 Å². The molecule has 1 aromatic heterocycles. The molecule has 0 radical (unpaired) electrons. The van der Waals surface area contributed by atoms with Crippen LogP contribution in [0, 0.1) is 0 Å². The normalized spacial score (nSPS) is 12.3. The molecule has 1 N–H and O–H groups in total. The average molecular weight is 354 g/mol. The molecule has 2 aromatic rings. The van der Waals surface area contributed by atoms with Gasteiger partial charge in [-0.3, -0.25) is 4.98 Å². The summed E-state index contributed by atoms with van der Waals surface area (Å²) in [5, 5.41) is 4.34. The van der Waals surface area contributed by atoms with Gasteiger partial charge in [0.1, 0.15) is 0 Å². The second kappa shape index (κ2) is 7.77. The van der Waals surface area contributed by atoms with Crippen molar-refractivity contribution >= 4 is 27.5 Å². The van der Waals surface area contributed by atoms with Crippen LogP contribution in [0.2, 0.25) is 5.02 Å². The van der Waals surface area contributed by atoms with Gasteiger partial charge in [-0.2, -0.15) is 0 Å². The molecule has 1 heterocycles. The van der Waals surface area contributed by atoms with Crippen molar-refractivity contribution in [3.63, 3.8) is 0 Å². The zero-order valence-corrected chi connectivity index (χ0v) is 13.8. The van der Waals surface area contributed by atoms with Crippen LogP contribution >= 0.6 is 27.5 Å². The number of nitrogens with one attached hydrogen (secondary N) is 1. The molecule has 0 bridgehead atoms. The highest BCUT2D eigenvalue weighted by Crippen LogP contribution is 2.21. The molecule has 2 rings (SSSR count). The molecular weight excluding hydrogens is 336 g/mol. The van der Waals surface area contributed by atoms with Crippen LogP contribution in [0.25, 0.3) is 0 Å². The van der Waals surface area contributed by atoms with Crippen LogP contribution < -0.4 is 5.32 Å². The van der Waals surface area contributed by atoms with E-state index in [1.165, 1.54) is 5.56 Å². The molecule has 0 aliphatic rings. The Morgan fingerprint density at radius 1 is 1.30 bits per heavy atom. The Morgan fingerprint density at radius 2 is 2.15 bits per heavy atom. The fourth-order valence-electron chi connectivity index (χ4n) is 2.09. The standard InChI is InChI=1S/C16H18BrClN2/c1-2-8-19-16(12-4-3-5-14(18)9-12)10-15-7-6-13(17)11-20-15/h3-7,9,11,16,19H,2,8,10H2,1H3. The van der Waals surface area contributed by atoms with Crippen LogP contribution in [0.1, 0.15) is 30.6 Å². The van der Waals surface area contributed by atoms with E-state index in [0.29, 0.717) is 0 Å². The van der Waals surface area contributed by atoms with E-state index in [1.807, 2.05) is 30.5 Å². The van der Waals surface area contributed by atoms with Crippen molar-refractivity contribution in [2.45, 2.75) is 25.8 Å². The van der Waals surface area contributed by atoms with E-state index in [9.17, 15) is 0 Å². The van der Waals surface area contributed by atoms with Crippen LogP contribution in [0.5, 0.6) is 0 Å². The molecule has 0 saturated carbocycles. The van der Waals surface area contributed by atoms with Gasteiger partial charge in [0.05, 0.1) is 0 Å². The molecule has 0 fully saturated rings. The van der Waals surface area contributed by atoms with Crippen molar-refractivity contribution in [3.05, 3.63) is 63.3 Å². The Hall–Kier alpha value is -0.900. The first-order chi connectivity index (χ1) is 9.69. The van der Waals surface area contributed by atoms with Gasteiger partial charge in [0.25, 0.3) is 0 Å². The number of halogens is 2. The lowest BCUT2D eigenvalue weighted by molar-refractivity contribution is 0.524. The molecule has 0 spiro atoms. The van der Waals surface area contributed by atoms with Gasteiger partial charge in [0, 0.05) is 33.8 Å². The maximum atomic E-state index is 6.10. The number of aromatic nitrogens is 1. The second-order valence-corrected chi connectivity index (χ2v) is 6.09. The fraction of sp³-hybridized carbons (Fsp3) is 0.312. The highest BCUT2D eigenvalue weighted by molar-refractivity contribution is 9.10. The van der Waals surface area contributed by atoms with Crippen molar-refractivity contribution in [3.8, 4) is 0 Å². The Morgan fingerprint density at radius 3 is 2.80 bits per heavy atom. The first-order valence-corrected chi connectivity index (χ1v) is 7.95. The lowest BCUT2D eigenvalue weighted by Gasteiger charge is -2.19. The molecule has 20 heavy (non-hydrogen) atoms. The summed E-state index contributed by atoms with van der Waals surface area (Å²) < 4.78 is 1.00. The minimum Gasteiger partial charge on any atom is -0.310 e. The van der Waals surface area contributed by atoms with Crippen molar-refractivity contribution in [1.29, 1.82) is 0 Å². The van der Waals surface area contributed by atoms with Crippen LogP contribution in [0.15, 0.2) is 47.1 Å². The van der Waals surface area contributed by atoms with Gasteiger partial charge >= 0.3 is 0 Å². The zero-order chi connectivity index (χ0) is 14.4. The molecule has 0 aliphatic carbocycles. The minimum absolute atomic E-state index is 0.238. The molecule has 1 aromatic carbocycles. The number of hydrogen-bond donors (Lipinski definition) is 1. The smallest absolute Gasteiger partial charge is 0.0423 e. The van der Waals surface area contributed by atoms with Crippen LogP contribution in [-0.4, -0.2) is 11.5 Å². The molecule has 1 unspecified atom stereocenters. The van der Waals surface area contributed by atoms with Crippen LogP contribution in [0.4, 0.5) is 0 Å². The largest absolute Gasteiger partial charge is 0.310 e. The summed E-state index contributed by atoms with van der Waals surface area (Å²) >= 11 is 9.51. The summed E-state index contributed by atoms with van der Waals surface area (Å²) in [6.45, 7) is 3.15. The van der Waals surface area contributed by atoms with Gasteiger partial charge in [-0.1, -0.05) is 30.7 Å². The molecule has 0 saturated heterocycles.